The van der Waals surface area contributed by atoms with Gasteiger partial charge in [0.05, 0.1) is 0 Å². The van der Waals surface area contributed by atoms with Gasteiger partial charge in [0.25, 0.3) is 0 Å². The molecule has 0 saturated heterocycles. The van der Waals surface area contributed by atoms with E-state index < -0.39 is 0 Å². The Kier molecular flexibility index (Phi) is 4.46. The lowest BCUT2D eigenvalue weighted by Gasteiger charge is -2.16. The van der Waals surface area contributed by atoms with E-state index in [1.165, 1.54) is 16.3 Å². The Morgan fingerprint density at radius 3 is 2.71 bits per heavy atom. The molecule has 1 nitrogen and oxygen atoms in total. The van der Waals surface area contributed by atoms with Crippen LogP contribution < -0.4 is 5.32 Å². The van der Waals surface area contributed by atoms with Gasteiger partial charge in [-0.2, -0.15) is 11.8 Å². The minimum absolute atomic E-state index is 0.410. The van der Waals surface area contributed by atoms with Crippen molar-refractivity contribution >= 4 is 22.5 Å². The molecule has 2 aromatic rings. The molecule has 0 saturated carbocycles. The molecule has 2 rings (SSSR count). The normalized spacial score (nSPS) is 12.8. The van der Waals surface area contributed by atoms with Gasteiger partial charge < -0.3 is 5.32 Å². The molecule has 0 aliphatic heterocycles. The average Bonchev–Trinajstić information content (AvgIpc) is 2.38. The lowest BCUT2D eigenvalue weighted by atomic mass is 10.00. The van der Waals surface area contributed by atoms with Crippen LogP contribution in [0.2, 0.25) is 0 Å². The lowest BCUT2D eigenvalue weighted by Crippen LogP contribution is -2.21. The minimum Gasteiger partial charge on any atom is -0.309 e. The SMILES string of the molecule is CSCCNC(C)c1cccc2ccccc12. The van der Waals surface area contributed by atoms with Crippen LogP contribution in [0.3, 0.4) is 0 Å². The molecule has 1 atom stereocenters. The third-order valence-electron chi connectivity index (χ3n) is 3.05. The zero-order valence-electron chi connectivity index (χ0n) is 10.4. The Bertz CT molecular complexity index is 476. The topological polar surface area (TPSA) is 12.0 Å². The Labute approximate surface area is 108 Å². The van der Waals surface area contributed by atoms with Crippen LogP contribution in [0.5, 0.6) is 0 Å². The van der Waals surface area contributed by atoms with E-state index in [0.717, 1.165) is 12.3 Å². The highest BCUT2D eigenvalue weighted by Gasteiger charge is 2.07. The molecule has 2 heteroatoms. The fraction of sp³-hybridized carbons (Fsp3) is 0.333. The van der Waals surface area contributed by atoms with Gasteiger partial charge in [-0.3, -0.25) is 0 Å². The van der Waals surface area contributed by atoms with Gasteiger partial charge >= 0.3 is 0 Å². The monoisotopic (exact) mass is 245 g/mol. The predicted molar refractivity (Wildman–Crippen MR) is 78.7 cm³/mol. The summed E-state index contributed by atoms with van der Waals surface area (Å²) in [5.74, 6) is 1.16. The Hall–Kier alpha value is -0.990. The zero-order chi connectivity index (χ0) is 12.1. The number of hydrogen-bond acceptors (Lipinski definition) is 2. The number of nitrogens with one attached hydrogen (secondary N) is 1. The van der Waals surface area contributed by atoms with E-state index in [1.54, 1.807) is 0 Å². The van der Waals surface area contributed by atoms with Gasteiger partial charge in [-0.25, -0.2) is 0 Å². The first-order valence-corrected chi connectivity index (χ1v) is 7.42. The number of hydrogen-bond donors (Lipinski definition) is 1. The van der Waals surface area contributed by atoms with Crippen LogP contribution in [-0.2, 0) is 0 Å². The fourth-order valence-corrected chi connectivity index (χ4v) is 2.44. The summed E-state index contributed by atoms with van der Waals surface area (Å²) in [5.41, 5.74) is 1.39. The predicted octanol–water partition coefficient (Wildman–Crippen LogP) is 3.85. The Balaban J connectivity index is 2.22. The molecule has 1 N–H and O–H groups in total. The summed E-state index contributed by atoms with van der Waals surface area (Å²) in [6.45, 7) is 3.30. The number of rotatable bonds is 5. The summed E-state index contributed by atoms with van der Waals surface area (Å²) in [4.78, 5) is 0. The van der Waals surface area contributed by atoms with Crippen molar-refractivity contribution in [3.8, 4) is 0 Å². The molecule has 0 aliphatic carbocycles. The molecule has 0 aliphatic rings. The van der Waals surface area contributed by atoms with Gasteiger partial charge in [-0.15, -0.1) is 0 Å². The highest BCUT2D eigenvalue weighted by atomic mass is 32.2. The summed E-state index contributed by atoms with van der Waals surface area (Å²) in [7, 11) is 0. The standard InChI is InChI=1S/C15H19NS/c1-12(16-10-11-17-2)14-9-5-7-13-6-3-4-8-15(13)14/h3-9,12,16H,10-11H2,1-2H3. The average molecular weight is 245 g/mol. The second-order valence-electron chi connectivity index (χ2n) is 4.24. The Morgan fingerprint density at radius 1 is 1.12 bits per heavy atom. The van der Waals surface area contributed by atoms with E-state index in [9.17, 15) is 0 Å². The molecule has 0 fully saturated rings. The third kappa shape index (κ3) is 3.02. The molecular formula is C15H19NS. The second kappa shape index (κ2) is 6.08. The quantitative estimate of drug-likeness (QED) is 0.803. The van der Waals surface area contributed by atoms with Gasteiger partial charge in [0, 0.05) is 18.3 Å². The second-order valence-corrected chi connectivity index (χ2v) is 5.22. The summed E-state index contributed by atoms with van der Waals surface area (Å²) in [6.07, 6.45) is 2.14. The van der Waals surface area contributed by atoms with Crippen molar-refractivity contribution < 1.29 is 0 Å². The van der Waals surface area contributed by atoms with Crippen molar-refractivity contribution in [1.82, 2.24) is 5.32 Å². The van der Waals surface area contributed by atoms with Crippen molar-refractivity contribution in [2.24, 2.45) is 0 Å². The lowest BCUT2D eigenvalue weighted by molar-refractivity contribution is 0.605. The van der Waals surface area contributed by atoms with Crippen LogP contribution in [0, 0.1) is 0 Å². The zero-order valence-corrected chi connectivity index (χ0v) is 11.3. The molecule has 1 unspecified atom stereocenters. The summed E-state index contributed by atoms with van der Waals surface area (Å²) in [5, 5.41) is 6.25. The number of fused-ring (bicyclic) bond motifs is 1. The first-order chi connectivity index (χ1) is 8.33. The Morgan fingerprint density at radius 2 is 1.88 bits per heavy atom. The van der Waals surface area contributed by atoms with Crippen LogP contribution in [0.4, 0.5) is 0 Å². The molecule has 0 radical (unpaired) electrons. The minimum atomic E-state index is 0.410. The number of benzene rings is 2. The molecule has 0 amide bonds. The van der Waals surface area contributed by atoms with Crippen molar-refractivity contribution in [1.29, 1.82) is 0 Å². The first-order valence-electron chi connectivity index (χ1n) is 6.03. The molecular weight excluding hydrogens is 226 g/mol. The van der Waals surface area contributed by atoms with Gasteiger partial charge in [-0.1, -0.05) is 42.5 Å². The van der Waals surface area contributed by atoms with Crippen LogP contribution in [0.15, 0.2) is 42.5 Å². The van der Waals surface area contributed by atoms with Crippen LogP contribution in [0.25, 0.3) is 10.8 Å². The van der Waals surface area contributed by atoms with Crippen LogP contribution in [0.1, 0.15) is 18.5 Å². The third-order valence-corrected chi connectivity index (χ3v) is 3.66. The molecule has 17 heavy (non-hydrogen) atoms. The summed E-state index contributed by atoms with van der Waals surface area (Å²) >= 11 is 1.88. The largest absolute Gasteiger partial charge is 0.309 e. The van der Waals surface area contributed by atoms with Crippen LogP contribution >= 0.6 is 11.8 Å². The van der Waals surface area contributed by atoms with Crippen molar-refractivity contribution in [3.05, 3.63) is 48.0 Å². The van der Waals surface area contributed by atoms with Gasteiger partial charge in [0.15, 0.2) is 0 Å². The number of thioether (sulfide) groups is 1. The highest BCUT2D eigenvalue weighted by Crippen LogP contribution is 2.23. The molecule has 0 spiro atoms. The van der Waals surface area contributed by atoms with Gasteiger partial charge in [-0.05, 0) is 29.5 Å². The van der Waals surface area contributed by atoms with E-state index in [4.69, 9.17) is 0 Å². The van der Waals surface area contributed by atoms with Gasteiger partial charge in [0.2, 0.25) is 0 Å². The molecule has 0 heterocycles. The maximum atomic E-state index is 3.57. The fourth-order valence-electron chi connectivity index (χ4n) is 2.12. The van der Waals surface area contributed by atoms with Crippen molar-refractivity contribution in [2.75, 3.05) is 18.6 Å². The molecule has 90 valence electrons. The highest BCUT2D eigenvalue weighted by molar-refractivity contribution is 7.98. The summed E-state index contributed by atoms with van der Waals surface area (Å²) < 4.78 is 0. The summed E-state index contributed by atoms with van der Waals surface area (Å²) in [6, 6.07) is 15.5. The van der Waals surface area contributed by atoms with E-state index >= 15 is 0 Å². The van der Waals surface area contributed by atoms with Crippen molar-refractivity contribution in [2.45, 2.75) is 13.0 Å². The van der Waals surface area contributed by atoms with E-state index in [1.807, 2.05) is 11.8 Å². The van der Waals surface area contributed by atoms with Gasteiger partial charge in [0.1, 0.15) is 0 Å². The van der Waals surface area contributed by atoms with E-state index in [0.29, 0.717) is 6.04 Å². The molecule has 0 bridgehead atoms. The van der Waals surface area contributed by atoms with E-state index in [2.05, 4.69) is 61.0 Å². The molecule has 2 aromatic carbocycles. The van der Waals surface area contributed by atoms with Crippen LogP contribution in [-0.4, -0.2) is 18.6 Å². The first kappa shape index (κ1) is 12.5. The maximum Gasteiger partial charge on any atom is 0.0298 e. The van der Waals surface area contributed by atoms with E-state index in [-0.39, 0.29) is 0 Å². The van der Waals surface area contributed by atoms with Crippen molar-refractivity contribution in [3.63, 3.8) is 0 Å². The molecule has 0 aromatic heterocycles. The smallest absolute Gasteiger partial charge is 0.0298 e. The maximum absolute atomic E-state index is 3.57.